The minimum absolute atomic E-state index is 0.152. The second-order valence-electron chi connectivity index (χ2n) is 4.35. The first-order chi connectivity index (χ1) is 9.26. The van der Waals surface area contributed by atoms with E-state index >= 15 is 0 Å². The lowest BCUT2D eigenvalue weighted by atomic mass is 10.1. The third kappa shape index (κ3) is 6.82. The molecule has 0 bridgehead atoms. The van der Waals surface area contributed by atoms with Crippen molar-refractivity contribution in [2.45, 2.75) is 32.1 Å². The Balaban J connectivity index is 2.10. The maximum Gasteiger partial charge on any atom is 0.305 e. The zero-order valence-electron chi connectivity index (χ0n) is 11.4. The fourth-order valence-electron chi connectivity index (χ4n) is 1.72. The van der Waals surface area contributed by atoms with Gasteiger partial charge in [0.25, 0.3) is 0 Å². The van der Waals surface area contributed by atoms with E-state index in [4.69, 9.17) is 9.84 Å². The maximum atomic E-state index is 10.9. The van der Waals surface area contributed by atoms with Gasteiger partial charge in [0, 0.05) is 13.0 Å². The van der Waals surface area contributed by atoms with E-state index in [-0.39, 0.29) is 12.6 Å². The first-order valence-corrected chi connectivity index (χ1v) is 6.65. The molecule has 0 spiro atoms. The number of methoxy groups -OCH3 is 1. The van der Waals surface area contributed by atoms with Gasteiger partial charge < -0.3 is 14.6 Å². The van der Waals surface area contributed by atoms with Gasteiger partial charge in [-0.1, -0.05) is 12.1 Å². The molecule has 0 aliphatic rings. The van der Waals surface area contributed by atoms with Gasteiger partial charge in [-0.25, -0.2) is 0 Å². The van der Waals surface area contributed by atoms with Gasteiger partial charge in [-0.2, -0.15) is 0 Å². The van der Waals surface area contributed by atoms with Crippen molar-refractivity contribution in [2.75, 3.05) is 20.3 Å². The lowest BCUT2D eigenvalue weighted by Crippen LogP contribution is -2.01. The van der Waals surface area contributed by atoms with Crippen LogP contribution in [0.3, 0.4) is 0 Å². The Morgan fingerprint density at radius 3 is 2.53 bits per heavy atom. The highest BCUT2D eigenvalue weighted by atomic mass is 16.5. The van der Waals surface area contributed by atoms with E-state index in [1.807, 2.05) is 24.3 Å². The topological polar surface area (TPSA) is 55.8 Å². The standard InChI is InChI=1S/C15H22O4/c1-18-15(17)5-3-2-4-12-19-14-8-6-13(7-9-14)10-11-16/h6-9,16H,2-5,10-12H2,1H3. The van der Waals surface area contributed by atoms with E-state index in [1.165, 1.54) is 7.11 Å². The Hall–Kier alpha value is -1.55. The summed E-state index contributed by atoms with van der Waals surface area (Å²) in [4.78, 5) is 10.9. The molecule has 19 heavy (non-hydrogen) atoms. The summed E-state index contributed by atoms with van der Waals surface area (Å²) >= 11 is 0. The number of benzene rings is 1. The third-order valence-corrected chi connectivity index (χ3v) is 2.85. The Morgan fingerprint density at radius 1 is 1.16 bits per heavy atom. The molecule has 0 aromatic heterocycles. The highest BCUT2D eigenvalue weighted by Gasteiger charge is 2.00. The molecule has 0 unspecified atom stereocenters. The molecule has 0 radical (unpaired) electrons. The highest BCUT2D eigenvalue weighted by Crippen LogP contribution is 2.13. The lowest BCUT2D eigenvalue weighted by molar-refractivity contribution is -0.140. The van der Waals surface area contributed by atoms with Gasteiger partial charge in [-0.3, -0.25) is 4.79 Å². The number of unbranched alkanes of at least 4 members (excludes halogenated alkanes) is 2. The quantitative estimate of drug-likeness (QED) is 0.550. The van der Waals surface area contributed by atoms with Crippen LogP contribution in [-0.4, -0.2) is 31.4 Å². The van der Waals surface area contributed by atoms with Crippen LogP contribution in [0.15, 0.2) is 24.3 Å². The number of carbonyl (C=O) groups is 1. The van der Waals surface area contributed by atoms with Crippen molar-refractivity contribution in [1.82, 2.24) is 0 Å². The number of ether oxygens (including phenoxy) is 2. The first-order valence-electron chi connectivity index (χ1n) is 6.65. The zero-order chi connectivity index (χ0) is 13.9. The molecule has 0 aliphatic carbocycles. The molecule has 1 aromatic carbocycles. The van der Waals surface area contributed by atoms with Crippen molar-refractivity contribution < 1.29 is 19.4 Å². The molecule has 4 nitrogen and oxygen atoms in total. The predicted octanol–water partition coefficient (Wildman–Crippen LogP) is 2.33. The molecule has 0 aliphatic heterocycles. The molecule has 1 N–H and O–H groups in total. The van der Waals surface area contributed by atoms with Crippen LogP contribution in [0.2, 0.25) is 0 Å². The summed E-state index contributed by atoms with van der Waals surface area (Å²) in [5.41, 5.74) is 1.10. The van der Waals surface area contributed by atoms with Gasteiger partial charge in [0.2, 0.25) is 0 Å². The molecule has 0 atom stereocenters. The second-order valence-corrected chi connectivity index (χ2v) is 4.35. The SMILES string of the molecule is COC(=O)CCCCCOc1ccc(CCO)cc1. The van der Waals surface area contributed by atoms with Crippen molar-refractivity contribution in [1.29, 1.82) is 0 Å². The summed E-state index contributed by atoms with van der Waals surface area (Å²) < 4.78 is 10.2. The monoisotopic (exact) mass is 266 g/mol. The molecule has 0 saturated carbocycles. The summed E-state index contributed by atoms with van der Waals surface area (Å²) in [5, 5.41) is 8.81. The Kier molecular flexibility index (Phi) is 7.66. The van der Waals surface area contributed by atoms with Crippen LogP contribution >= 0.6 is 0 Å². The van der Waals surface area contributed by atoms with E-state index in [9.17, 15) is 4.79 Å². The van der Waals surface area contributed by atoms with E-state index in [2.05, 4.69) is 4.74 Å². The van der Waals surface area contributed by atoms with Gasteiger partial charge in [-0.05, 0) is 43.4 Å². The molecular formula is C15H22O4. The number of esters is 1. The predicted molar refractivity (Wildman–Crippen MR) is 73.2 cm³/mol. The van der Waals surface area contributed by atoms with E-state index in [1.54, 1.807) is 0 Å². The van der Waals surface area contributed by atoms with Crippen LogP contribution in [0.4, 0.5) is 0 Å². The summed E-state index contributed by atoms with van der Waals surface area (Å²) in [5.74, 6) is 0.690. The van der Waals surface area contributed by atoms with E-state index in [0.29, 0.717) is 19.4 Å². The Morgan fingerprint density at radius 2 is 1.89 bits per heavy atom. The zero-order valence-corrected chi connectivity index (χ0v) is 11.4. The summed E-state index contributed by atoms with van der Waals surface area (Å²) in [6, 6.07) is 7.75. The number of hydrogen-bond donors (Lipinski definition) is 1. The summed E-state index contributed by atoms with van der Waals surface area (Å²) in [6.45, 7) is 0.820. The minimum Gasteiger partial charge on any atom is -0.494 e. The second kappa shape index (κ2) is 9.39. The molecular weight excluding hydrogens is 244 g/mol. The van der Waals surface area contributed by atoms with Crippen LogP contribution in [0, 0.1) is 0 Å². The van der Waals surface area contributed by atoms with Crippen LogP contribution in [0.5, 0.6) is 5.75 Å². The first kappa shape index (κ1) is 15.5. The number of carbonyl (C=O) groups excluding carboxylic acids is 1. The maximum absolute atomic E-state index is 10.9. The van der Waals surface area contributed by atoms with E-state index < -0.39 is 0 Å². The Labute approximate surface area is 114 Å². The van der Waals surface area contributed by atoms with Crippen LogP contribution < -0.4 is 4.74 Å². The molecule has 0 saturated heterocycles. The van der Waals surface area contributed by atoms with Gasteiger partial charge in [0.15, 0.2) is 0 Å². The average molecular weight is 266 g/mol. The summed E-state index contributed by atoms with van der Waals surface area (Å²) in [7, 11) is 1.41. The van der Waals surface area contributed by atoms with Crippen LogP contribution in [-0.2, 0) is 16.0 Å². The summed E-state index contributed by atoms with van der Waals surface area (Å²) in [6.07, 6.45) is 3.87. The third-order valence-electron chi connectivity index (χ3n) is 2.85. The molecule has 1 aromatic rings. The van der Waals surface area contributed by atoms with Crippen molar-refractivity contribution in [3.63, 3.8) is 0 Å². The molecule has 4 heteroatoms. The molecule has 1 rings (SSSR count). The Bertz CT molecular complexity index is 359. The van der Waals surface area contributed by atoms with Crippen molar-refractivity contribution in [3.8, 4) is 5.75 Å². The van der Waals surface area contributed by atoms with Crippen molar-refractivity contribution in [3.05, 3.63) is 29.8 Å². The highest BCUT2D eigenvalue weighted by molar-refractivity contribution is 5.68. The van der Waals surface area contributed by atoms with Gasteiger partial charge in [0.05, 0.1) is 13.7 Å². The van der Waals surface area contributed by atoms with E-state index in [0.717, 1.165) is 30.6 Å². The normalized spacial score (nSPS) is 10.2. The number of hydrogen-bond acceptors (Lipinski definition) is 4. The minimum atomic E-state index is -0.152. The van der Waals surface area contributed by atoms with Crippen LogP contribution in [0.25, 0.3) is 0 Å². The van der Waals surface area contributed by atoms with Crippen molar-refractivity contribution >= 4 is 5.97 Å². The average Bonchev–Trinajstić information content (AvgIpc) is 2.44. The van der Waals surface area contributed by atoms with Crippen molar-refractivity contribution in [2.24, 2.45) is 0 Å². The van der Waals surface area contributed by atoms with Gasteiger partial charge in [-0.15, -0.1) is 0 Å². The molecule has 0 fully saturated rings. The lowest BCUT2D eigenvalue weighted by Gasteiger charge is -2.06. The number of aliphatic hydroxyl groups is 1. The smallest absolute Gasteiger partial charge is 0.305 e. The molecule has 0 heterocycles. The number of aliphatic hydroxyl groups excluding tert-OH is 1. The van der Waals surface area contributed by atoms with Gasteiger partial charge in [0.1, 0.15) is 5.75 Å². The fraction of sp³-hybridized carbons (Fsp3) is 0.533. The number of rotatable bonds is 9. The molecule has 0 amide bonds. The molecule has 106 valence electrons. The largest absolute Gasteiger partial charge is 0.494 e. The van der Waals surface area contributed by atoms with Gasteiger partial charge >= 0.3 is 5.97 Å². The fourth-order valence-corrected chi connectivity index (χ4v) is 1.72. The van der Waals surface area contributed by atoms with Crippen LogP contribution in [0.1, 0.15) is 31.2 Å².